The Labute approximate surface area is 457 Å². The van der Waals surface area contributed by atoms with Gasteiger partial charge in [0.2, 0.25) is 0 Å². The highest BCUT2D eigenvalue weighted by atomic mass is 31.2. The van der Waals surface area contributed by atoms with Gasteiger partial charge in [-0.3, -0.25) is 28.2 Å². The van der Waals surface area contributed by atoms with E-state index in [1.807, 2.05) is 0 Å². The van der Waals surface area contributed by atoms with Gasteiger partial charge in [0.05, 0.1) is 13.2 Å². The Morgan fingerprint density at radius 3 is 1.43 bits per heavy atom. The largest absolute Gasteiger partial charge is 0.528 e. The summed E-state index contributed by atoms with van der Waals surface area (Å²) in [5, 5.41) is 1.66. The lowest BCUT2D eigenvalue weighted by molar-refractivity contribution is -0.389. The summed E-state index contributed by atoms with van der Waals surface area (Å²) in [5.41, 5.74) is -4.31. The maximum absolute atomic E-state index is 14.3. The number of phosphoric acid groups is 1. The molecule has 482 valence electrons. The number of ketones is 1. The number of rotatable bonds is 48. The summed E-state index contributed by atoms with van der Waals surface area (Å²) in [6, 6.07) is 0. The second-order valence-corrected chi connectivity index (χ2v) is 24.3. The Morgan fingerprint density at radius 1 is 0.537 bits per heavy atom. The van der Waals surface area contributed by atoms with Gasteiger partial charge in [-0.25, -0.2) is 9.30 Å². The lowest BCUT2D eigenvalue weighted by Crippen LogP contribution is -2.60. The van der Waals surface area contributed by atoms with Gasteiger partial charge < -0.3 is 75.1 Å². The van der Waals surface area contributed by atoms with Crippen molar-refractivity contribution in [3.8, 4) is 0 Å². The summed E-state index contributed by atoms with van der Waals surface area (Å²) in [7, 11) is -15.9. The van der Waals surface area contributed by atoms with Gasteiger partial charge in [0.1, 0.15) is 53.0 Å². The van der Waals surface area contributed by atoms with E-state index in [-0.39, 0.29) is 58.0 Å². The molecular formula is C40H77F12NO23P2Si2. The van der Waals surface area contributed by atoms with Gasteiger partial charge in [-0.15, -0.1) is 0 Å². The zero-order valence-electron chi connectivity index (χ0n) is 45.7. The predicted octanol–water partition coefficient (Wildman–Crippen LogP) is 7.82. The zero-order valence-corrected chi connectivity index (χ0v) is 49.5. The molecule has 0 aliphatic carbocycles. The summed E-state index contributed by atoms with van der Waals surface area (Å²) < 4.78 is 256. The number of nitrogens with one attached hydrogen (secondary N) is 1. The molecule has 0 aromatic heterocycles. The lowest BCUT2D eigenvalue weighted by Gasteiger charge is -2.34. The maximum Gasteiger partial charge on any atom is 0.528 e. The molecule has 24 nitrogen and oxygen atoms in total. The summed E-state index contributed by atoms with van der Waals surface area (Å²) >= 11 is 0. The predicted molar refractivity (Wildman–Crippen MR) is 256 cm³/mol. The molecule has 0 bridgehead atoms. The van der Waals surface area contributed by atoms with Crippen LogP contribution in [0.25, 0.3) is 0 Å². The first-order chi connectivity index (χ1) is 36.7. The summed E-state index contributed by atoms with van der Waals surface area (Å²) in [6.07, 6.45) is -22.4. The third kappa shape index (κ3) is 44.0. The summed E-state index contributed by atoms with van der Waals surface area (Å²) in [6.45, 7) is 6.25. The second-order valence-electron chi connectivity index (χ2n) is 15.6. The number of halogens is 12. The third-order valence-electron chi connectivity index (χ3n) is 8.18. The molecule has 0 rings (SSSR count). The van der Waals surface area contributed by atoms with Crippen LogP contribution >= 0.6 is 15.4 Å². The fraction of sp³-hybridized carbons (Fsp3) is 0.950. The van der Waals surface area contributed by atoms with Crippen molar-refractivity contribution in [3.05, 3.63) is 0 Å². The average Bonchev–Trinajstić information content (AvgIpc) is 3.29. The average molecular weight is 1290 g/mol. The summed E-state index contributed by atoms with van der Waals surface area (Å²) in [4.78, 5) is 47.4. The molecule has 0 spiro atoms. The fourth-order valence-electron chi connectivity index (χ4n) is 5.20. The first-order valence-corrected chi connectivity index (χ1v) is 32.0. The van der Waals surface area contributed by atoms with Crippen LogP contribution in [0, 0.1) is 0 Å². The second kappa shape index (κ2) is 41.5. The van der Waals surface area contributed by atoms with Crippen LogP contribution in [0.15, 0.2) is 0 Å². The number of amides is 1. The van der Waals surface area contributed by atoms with Crippen LogP contribution in [0.2, 0.25) is 6.55 Å². The molecule has 0 radical (unpaired) electrons. The van der Waals surface area contributed by atoms with Crippen molar-refractivity contribution in [2.75, 3.05) is 119 Å². The molecule has 0 aliphatic rings. The van der Waals surface area contributed by atoms with Gasteiger partial charge in [-0.1, -0.05) is 6.92 Å². The summed E-state index contributed by atoms with van der Waals surface area (Å²) in [5.74, 6) is -2.21. The van der Waals surface area contributed by atoms with Crippen molar-refractivity contribution in [3.63, 3.8) is 0 Å². The van der Waals surface area contributed by atoms with Gasteiger partial charge in [0, 0.05) is 65.7 Å². The Hall–Kier alpha value is -1.57. The highest BCUT2D eigenvalue weighted by Gasteiger charge is 2.63. The number of hydrogen-bond acceptors (Lipinski definition) is 20. The molecule has 0 aromatic carbocycles. The van der Waals surface area contributed by atoms with Crippen molar-refractivity contribution in [1.29, 1.82) is 0 Å². The Bertz CT molecular complexity index is 1720. The van der Waals surface area contributed by atoms with Crippen molar-refractivity contribution < 1.29 is 160 Å². The molecule has 0 aromatic rings. The molecule has 0 saturated carbocycles. The van der Waals surface area contributed by atoms with Crippen LogP contribution in [-0.4, -0.2) is 199 Å². The number of carbonyl (C=O) groups is 2. The number of hydrogen-bond donors (Lipinski definition) is 4. The van der Waals surface area contributed by atoms with Crippen molar-refractivity contribution >= 4 is 44.5 Å². The number of phosphoric ester groups is 1. The lowest BCUT2D eigenvalue weighted by atomic mass is 10.2. The first kappa shape index (κ1) is 82.6. The Morgan fingerprint density at radius 2 is 0.975 bits per heavy atom. The van der Waals surface area contributed by atoms with Gasteiger partial charge >= 0.3 is 75.0 Å². The van der Waals surface area contributed by atoms with E-state index in [9.17, 15) is 71.4 Å². The molecule has 0 heterocycles. The number of unbranched alkanes of at least 4 members (excludes halogenated alkanes) is 1. The van der Waals surface area contributed by atoms with E-state index in [0.29, 0.717) is 39.1 Å². The topological polar surface area (TPSA) is 289 Å². The van der Waals surface area contributed by atoms with Crippen molar-refractivity contribution in [1.82, 2.24) is 5.32 Å². The van der Waals surface area contributed by atoms with Gasteiger partial charge in [0.25, 0.3) is 0 Å². The van der Waals surface area contributed by atoms with Gasteiger partial charge in [-0.05, 0) is 73.8 Å². The van der Waals surface area contributed by atoms with Crippen LogP contribution in [0.5, 0.6) is 0 Å². The fourth-order valence-corrected chi connectivity index (χ4v) is 10.0. The molecule has 1 amide bonds. The molecule has 80 heavy (non-hydrogen) atoms. The van der Waals surface area contributed by atoms with E-state index in [1.165, 1.54) is 20.8 Å². The number of Topliss-reactive ketones (excluding diaryl/α,β-unsaturated/α-hetero) is 1. The van der Waals surface area contributed by atoms with E-state index < -0.39 is 135 Å². The van der Waals surface area contributed by atoms with Gasteiger partial charge in [0.15, 0.2) is 5.78 Å². The van der Waals surface area contributed by atoms with Crippen molar-refractivity contribution in [2.24, 2.45) is 0 Å². The normalized spacial score (nSPS) is 14.0. The monoisotopic (exact) mass is 1290 g/mol. The van der Waals surface area contributed by atoms with E-state index in [4.69, 9.17) is 46.3 Å². The third-order valence-corrected chi connectivity index (χ3v) is 14.9. The Kier molecular flexibility index (Phi) is 42.9. The molecule has 0 fully saturated rings. The van der Waals surface area contributed by atoms with E-state index in [2.05, 4.69) is 42.2 Å². The highest BCUT2D eigenvalue weighted by Crippen LogP contribution is 2.39. The quantitative estimate of drug-likeness (QED) is 0.0148. The number of ether oxygens (including phenoxy) is 9. The number of likely N-dealkylation sites (N-methyl/N-ethyl adjacent to an activating group) is 1. The molecule has 1 unspecified atom stereocenters. The highest BCUT2D eigenvalue weighted by molar-refractivity contribution is 7.51. The van der Waals surface area contributed by atoms with E-state index in [1.54, 1.807) is 33.0 Å². The van der Waals surface area contributed by atoms with Crippen LogP contribution in [0.3, 0.4) is 0 Å². The molecule has 1 atom stereocenters. The smallest absolute Gasteiger partial charge is 0.389 e. The Balaban J connectivity index is -0.00000113. The van der Waals surface area contributed by atoms with Crippen molar-refractivity contribution in [2.45, 2.75) is 130 Å². The minimum atomic E-state index is -4.83. The van der Waals surface area contributed by atoms with Crippen LogP contribution < -0.4 is 5.32 Å². The molecule has 0 aliphatic heterocycles. The molecule has 0 saturated heterocycles. The number of carbonyl (C=O) groups excluding carboxylic acids is 2. The van der Waals surface area contributed by atoms with Crippen LogP contribution in [0.4, 0.5) is 52.7 Å². The molecular weight excluding hydrogens is 1210 g/mol. The zero-order chi connectivity index (χ0) is 62.4. The minimum absolute atomic E-state index is 0.00862. The first-order valence-electron chi connectivity index (χ1n) is 24.2. The molecule has 40 heteroatoms. The maximum atomic E-state index is 14.3. The van der Waals surface area contributed by atoms with Gasteiger partial charge in [-0.2, -0.15) is 52.7 Å². The minimum Gasteiger partial charge on any atom is -0.389 e. The van der Waals surface area contributed by atoms with E-state index >= 15 is 0 Å². The standard InChI is InChI=1S/C16H34F4O8Si2.C12H19F4NO5.C12H24F4O10P2/c1-7-23-29(6,24-8-2)16(19,20)28-15(17,18)12-21-13-22-14-30(25-9-3,26-10-4)27-11-5;1-3-5-9(18)6-20-8-21-7-11(13,14)22-12(15,16)10(19)17-4-2;1-27(17,18)24-7-3-2-6-22-10-23-9-12(15,16)26-11(13,14)5-4-8-25-28(19,20)21/h7-14H2,1-6H3;3-8H2,1-2H3,(H,17,19);2-10H2,1H3,(H,17,18)(H2,19,20,21). The van der Waals surface area contributed by atoms with E-state index in [0.717, 1.165) is 13.2 Å². The van der Waals surface area contributed by atoms with Crippen LogP contribution in [-0.2, 0) is 92.5 Å². The number of alkyl halides is 12. The molecule has 4 N–H and O–H groups in total. The van der Waals surface area contributed by atoms with Crippen LogP contribution in [0.1, 0.15) is 87.0 Å². The SMILES string of the molecule is CCCC(=O)COCOCC(F)(F)OC(F)(F)C(=O)NCC.CCO[Si](COCOCC(F)(F)OC(F)(F)[Si](C)(OCC)OCC)(OCC)OCC.CP(=O)(O)OCCCCOCOCC(F)(F)OC(F)(F)CCCOP(=O)(O)O.